The van der Waals surface area contributed by atoms with Crippen molar-refractivity contribution < 1.29 is 4.79 Å². The average molecular weight is 278 g/mol. The molecule has 0 unspecified atom stereocenters. The molecule has 0 aromatic heterocycles. The largest absolute Gasteiger partial charge is 0.289 e. The molecule has 0 radical (unpaired) electrons. The second-order valence-corrected chi connectivity index (χ2v) is 4.48. The lowest BCUT2D eigenvalue weighted by molar-refractivity contribution is -0.114. The molecule has 1 aliphatic carbocycles. The minimum absolute atomic E-state index is 0.152. The molecule has 108 valence electrons. The van der Waals surface area contributed by atoms with Gasteiger partial charge in [-0.05, 0) is 13.8 Å². The van der Waals surface area contributed by atoms with Crippen LogP contribution in [-0.2, 0) is 4.79 Å². The summed E-state index contributed by atoms with van der Waals surface area (Å²) in [7, 11) is 0. The lowest BCUT2D eigenvalue weighted by atomic mass is 9.84. The predicted molar refractivity (Wildman–Crippen MR) is 92.0 cm³/mol. The highest BCUT2D eigenvalue weighted by molar-refractivity contribution is 6.16. The fourth-order valence-electron chi connectivity index (χ4n) is 1.69. The maximum absolute atomic E-state index is 11.8. The van der Waals surface area contributed by atoms with E-state index in [0.717, 1.165) is 17.6 Å². The molecular weight excluding hydrogens is 256 g/mol. The van der Waals surface area contributed by atoms with Crippen LogP contribution in [0.2, 0.25) is 0 Å². The number of allylic oxidation sites excluding steroid dienone is 16. The van der Waals surface area contributed by atoms with Crippen LogP contribution in [0.25, 0.3) is 0 Å². The van der Waals surface area contributed by atoms with E-state index in [-0.39, 0.29) is 5.78 Å². The molecule has 1 heteroatoms. The van der Waals surface area contributed by atoms with Crippen LogP contribution in [0.4, 0.5) is 0 Å². The highest BCUT2D eigenvalue weighted by Gasteiger charge is 2.25. The summed E-state index contributed by atoms with van der Waals surface area (Å²) in [5.41, 5.74) is 1.74. The molecule has 0 aromatic rings. The summed E-state index contributed by atoms with van der Waals surface area (Å²) < 4.78 is 0. The maximum atomic E-state index is 11.8. The van der Waals surface area contributed by atoms with E-state index < -0.39 is 0 Å². The quantitative estimate of drug-likeness (QED) is 0.483. The number of carbonyl (C=O) groups is 1. The van der Waals surface area contributed by atoms with Crippen LogP contribution in [0.3, 0.4) is 0 Å². The molecule has 1 rings (SSSR count). The van der Waals surface area contributed by atoms with E-state index in [4.69, 9.17) is 0 Å². The fraction of sp³-hybridized carbons (Fsp3) is 0.150. The lowest BCUT2D eigenvalue weighted by Crippen LogP contribution is -2.18. The van der Waals surface area contributed by atoms with Gasteiger partial charge in [-0.2, -0.15) is 0 Å². The molecule has 0 heterocycles. The summed E-state index contributed by atoms with van der Waals surface area (Å²) >= 11 is 0. The Bertz CT molecular complexity index is 523. The van der Waals surface area contributed by atoms with Crippen LogP contribution in [0.15, 0.2) is 96.2 Å². The van der Waals surface area contributed by atoms with Gasteiger partial charge in [0.05, 0.1) is 0 Å². The first kappa shape index (κ1) is 16.6. The van der Waals surface area contributed by atoms with Gasteiger partial charge in [0.15, 0.2) is 5.78 Å². The van der Waals surface area contributed by atoms with E-state index in [1.54, 1.807) is 0 Å². The van der Waals surface area contributed by atoms with Gasteiger partial charge in [0.1, 0.15) is 0 Å². The van der Waals surface area contributed by atoms with Crippen molar-refractivity contribution in [2.45, 2.75) is 20.3 Å². The number of ketones is 1. The standard InChI is InChI=1S/C20H22O/c1-3-5-7-9-11-13-15-18-17-19(20(18)21)16-14-12-10-8-6-4-2/h3-16H,17H2,1-2H3/b5-3+,6-4+,9-7+,10-8+,13-11+,14-12+,18-15+,19-16+. The molecule has 0 aromatic carbocycles. The van der Waals surface area contributed by atoms with Crippen LogP contribution in [0.1, 0.15) is 20.3 Å². The summed E-state index contributed by atoms with van der Waals surface area (Å²) in [5.74, 6) is 0.152. The fourth-order valence-corrected chi connectivity index (χ4v) is 1.69. The van der Waals surface area contributed by atoms with E-state index >= 15 is 0 Å². The molecule has 0 atom stereocenters. The molecule has 1 aliphatic rings. The van der Waals surface area contributed by atoms with Crippen molar-refractivity contribution in [3.05, 3.63) is 96.2 Å². The van der Waals surface area contributed by atoms with Gasteiger partial charge in [0, 0.05) is 17.6 Å². The van der Waals surface area contributed by atoms with Gasteiger partial charge >= 0.3 is 0 Å². The van der Waals surface area contributed by atoms with E-state index in [9.17, 15) is 4.79 Å². The first-order valence-electron chi connectivity index (χ1n) is 7.14. The number of carbonyl (C=O) groups excluding carboxylic acids is 1. The van der Waals surface area contributed by atoms with Crippen molar-refractivity contribution in [1.29, 1.82) is 0 Å². The van der Waals surface area contributed by atoms with Crippen molar-refractivity contribution in [1.82, 2.24) is 0 Å². The molecule has 0 N–H and O–H groups in total. The second-order valence-electron chi connectivity index (χ2n) is 4.48. The Labute approximate surface area is 127 Å². The first-order chi connectivity index (χ1) is 10.3. The van der Waals surface area contributed by atoms with Crippen LogP contribution >= 0.6 is 0 Å². The molecule has 1 fully saturated rings. The van der Waals surface area contributed by atoms with E-state index in [2.05, 4.69) is 0 Å². The van der Waals surface area contributed by atoms with Gasteiger partial charge in [-0.1, -0.05) is 85.1 Å². The first-order valence-corrected chi connectivity index (χ1v) is 7.14. The minimum Gasteiger partial charge on any atom is -0.289 e. The van der Waals surface area contributed by atoms with Crippen LogP contribution in [-0.4, -0.2) is 5.78 Å². The van der Waals surface area contributed by atoms with Crippen molar-refractivity contribution >= 4 is 5.78 Å². The zero-order valence-electron chi connectivity index (χ0n) is 12.7. The van der Waals surface area contributed by atoms with Gasteiger partial charge in [0.25, 0.3) is 0 Å². The molecule has 21 heavy (non-hydrogen) atoms. The smallest absolute Gasteiger partial charge is 0.185 e. The highest BCUT2D eigenvalue weighted by atomic mass is 16.1. The number of hydrogen-bond acceptors (Lipinski definition) is 1. The Morgan fingerprint density at radius 1 is 0.619 bits per heavy atom. The van der Waals surface area contributed by atoms with Gasteiger partial charge in [-0.25, -0.2) is 0 Å². The van der Waals surface area contributed by atoms with E-state index in [1.807, 2.05) is 98.9 Å². The number of rotatable bonds is 6. The molecule has 0 saturated heterocycles. The topological polar surface area (TPSA) is 17.1 Å². The Hall–Kier alpha value is -2.41. The molecular formula is C20H22O. The average Bonchev–Trinajstić information content (AvgIpc) is 2.50. The van der Waals surface area contributed by atoms with Gasteiger partial charge in [-0.15, -0.1) is 0 Å². The maximum Gasteiger partial charge on any atom is 0.185 e. The third-order valence-corrected chi connectivity index (χ3v) is 2.83. The highest BCUT2D eigenvalue weighted by Crippen LogP contribution is 2.28. The summed E-state index contributed by atoms with van der Waals surface area (Å²) in [6.45, 7) is 3.95. The van der Waals surface area contributed by atoms with Crippen LogP contribution < -0.4 is 0 Å². The summed E-state index contributed by atoms with van der Waals surface area (Å²) in [5, 5.41) is 0. The van der Waals surface area contributed by atoms with Crippen LogP contribution in [0.5, 0.6) is 0 Å². The van der Waals surface area contributed by atoms with Crippen molar-refractivity contribution in [2.24, 2.45) is 0 Å². The van der Waals surface area contributed by atoms with Gasteiger partial charge in [-0.3, -0.25) is 4.79 Å². The Morgan fingerprint density at radius 2 is 1.00 bits per heavy atom. The molecule has 0 bridgehead atoms. The van der Waals surface area contributed by atoms with E-state index in [1.165, 1.54) is 0 Å². The Kier molecular flexibility index (Phi) is 8.23. The number of Topliss-reactive ketones (excluding diaryl/α,β-unsaturated/α-hetero) is 1. The molecule has 1 nitrogen and oxygen atoms in total. The zero-order valence-corrected chi connectivity index (χ0v) is 12.7. The molecule has 0 spiro atoms. The third-order valence-electron chi connectivity index (χ3n) is 2.83. The van der Waals surface area contributed by atoms with Gasteiger partial charge < -0.3 is 0 Å². The summed E-state index contributed by atoms with van der Waals surface area (Å²) in [4.78, 5) is 11.8. The normalized spacial score (nSPS) is 20.8. The van der Waals surface area contributed by atoms with Crippen LogP contribution in [0, 0.1) is 0 Å². The summed E-state index contributed by atoms with van der Waals surface area (Å²) in [6, 6.07) is 0. The van der Waals surface area contributed by atoms with Crippen molar-refractivity contribution in [3.63, 3.8) is 0 Å². The van der Waals surface area contributed by atoms with Gasteiger partial charge in [0.2, 0.25) is 0 Å². The van der Waals surface area contributed by atoms with Crippen molar-refractivity contribution in [2.75, 3.05) is 0 Å². The molecule has 0 aliphatic heterocycles. The minimum atomic E-state index is 0.152. The lowest BCUT2D eigenvalue weighted by Gasteiger charge is -2.18. The van der Waals surface area contributed by atoms with E-state index in [0.29, 0.717) is 0 Å². The third kappa shape index (κ3) is 6.53. The number of hydrogen-bond donors (Lipinski definition) is 0. The Balaban J connectivity index is 2.44. The SMILES string of the molecule is C/C=C/C=C/C=C/C=C1\C\C(=C/C=C/C=C/C=C/C)C1=O. The molecule has 0 amide bonds. The molecule has 1 saturated carbocycles. The van der Waals surface area contributed by atoms with Crippen molar-refractivity contribution in [3.8, 4) is 0 Å². The second kappa shape index (κ2) is 10.4. The zero-order chi connectivity index (χ0) is 15.3. The summed E-state index contributed by atoms with van der Waals surface area (Å²) in [6.07, 6.45) is 27.8. The predicted octanol–water partition coefficient (Wildman–Crippen LogP) is 5.19. The monoisotopic (exact) mass is 278 g/mol. The Morgan fingerprint density at radius 3 is 1.38 bits per heavy atom.